The van der Waals surface area contributed by atoms with Crippen LogP contribution in [-0.2, 0) is 13.0 Å². The van der Waals surface area contributed by atoms with E-state index >= 15 is 0 Å². The molecule has 2 heterocycles. The zero-order valence-electron chi connectivity index (χ0n) is 8.63. The highest BCUT2D eigenvalue weighted by molar-refractivity contribution is 7.11. The molecule has 0 amide bonds. The molecule has 2 rings (SSSR count). The Bertz CT molecular complexity index is 356. The molecule has 3 nitrogen and oxygen atoms in total. The van der Waals surface area contributed by atoms with E-state index in [1.165, 1.54) is 10.6 Å². The maximum absolute atomic E-state index is 7.64. The van der Waals surface area contributed by atoms with Gasteiger partial charge in [-0.1, -0.05) is 0 Å². The molecule has 0 atom stereocenters. The van der Waals surface area contributed by atoms with Gasteiger partial charge in [0, 0.05) is 11.4 Å². The van der Waals surface area contributed by atoms with Crippen LogP contribution in [0.2, 0.25) is 0 Å². The Hall–Kier alpha value is -0.900. The summed E-state index contributed by atoms with van der Waals surface area (Å²) in [6.07, 6.45) is 2.19. The third kappa shape index (κ3) is 1.80. The minimum Gasteiger partial charge on any atom is -0.356 e. The maximum Gasteiger partial charge on any atom is 0.0929 e. The lowest BCUT2D eigenvalue weighted by molar-refractivity contribution is 0.415. The lowest BCUT2D eigenvalue weighted by Crippen LogP contribution is -2.27. The Morgan fingerprint density at radius 1 is 1.57 bits per heavy atom. The van der Waals surface area contributed by atoms with E-state index in [9.17, 15) is 0 Å². The van der Waals surface area contributed by atoms with E-state index in [0.29, 0.717) is 5.84 Å². The van der Waals surface area contributed by atoms with Crippen LogP contribution in [0.4, 0.5) is 0 Å². The molecule has 76 valence electrons. The first-order valence-corrected chi connectivity index (χ1v) is 5.74. The van der Waals surface area contributed by atoms with Gasteiger partial charge in [0.1, 0.15) is 0 Å². The number of aryl methyl sites for hydroxylation is 2. The standard InChI is InChI=1S/C10H15N3S/c1-7(11)13-5-3-4-9-10(6-13)14-8(2)12-9/h11H,3-6H2,1-2H3. The highest BCUT2D eigenvalue weighted by atomic mass is 32.1. The van der Waals surface area contributed by atoms with Gasteiger partial charge in [-0.15, -0.1) is 11.3 Å². The van der Waals surface area contributed by atoms with Gasteiger partial charge in [-0.3, -0.25) is 5.41 Å². The Morgan fingerprint density at radius 3 is 3.07 bits per heavy atom. The molecule has 4 heteroatoms. The van der Waals surface area contributed by atoms with Crippen molar-refractivity contribution in [3.63, 3.8) is 0 Å². The number of amidine groups is 1. The fraction of sp³-hybridized carbons (Fsp3) is 0.600. The van der Waals surface area contributed by atoms with Gasteiger partial charge in [0.2, 0.25) is 0 Å². The Labute approximate surface area is 88.3 Å². The summed E-state index contributed by atoms with van der Waals surface area (Å²) >= 11 is 1.78. The average molecular weight is 209 g/mol. The van der Waals surface area contributed by atoms with Crippen LogP contribution in [0.5, 0.6) is 0 Å². The lowest BCUT2D eigenvalue weighted by atomic mass is 10.2. The summed E-state index contributed by atoms with van der Waals surface area (Å²) in [4.78, 5) is 8.01. The van der Waals surface area contributed by atoms with Crippen LogP contribution in [0.1, 0.15) is 28.9 Å². The summed E-state index contributed by atoms with van der Waals surface area (Å²) < 4.78 is 0. The predicted molar refractivity (Wildman–Crippen MR) is 59.0 cm³/mol. The summed E-state index contributed by atoms with van der Waals surface area (Å²) in [5.41, 5.74) is 1.26. The molecule has 0 aromatic carbocycles. The second kappa shape index (κ2) is 3.69. The smallest absolute Gasteiger partial charge is 0.0929 e. The van der Waals surface area contributed by atoms with E-state index < -0.39 is 0 Å². The van der Waals surface area contributed by atoms with Crippen molar-refractivity contribution >= 4 is 17.2 Å². The molecule has 1 aromatic rings. The van der Waals surface area contributed by atoms with Gasteiger partial charge < -0.3 is 4.90 Å². The van der Waals surface area contributed by atoms with Crippen molar-refractivity contribution in [2.24, 2.45) is 0 Å². The SMILES string of the molecule is CC(=N)N1CCCc2nc(C)sc2C1. The quantitative estimate of drug-likeness (QED) is 0.525. The van der Waals surface area contributed by atoms with E-state index in [1.807, 2.05) is 6.92 Å². The Kier molecular flexibility index (Phi) is 2.54. The molecule has 0 unspecified atom stereocenters. The van der Waals surface area contributed by atoms with Crippen molar-refractivity contribution in [2.45, 2.75) is 33.2 Å². The molecule has 0 saturated carbocycles. The molecule has 0 fully saturated rings. The predicted octanol–water partition coefficient (Wildman–Crippen LogP) is 2.20. The van der Waals surface area contributed by atoms with Crippen LogP contribution in [0.3, 0.4) is 0 Å². The largest absolute Gasteiger partial charge is 0.356 e. The zero-order valence-corrected chi connectivity index (χ0v) is 9.45. The fourth-order valence-electron chi connectivity index (χ4n) is 1.81. The molecular formula is C10H15N3S. The summed E-state index contributed by atoms with van der Waals surface area (Å²) in [6.45, 7) is 5.80. The van der Waals surface area contributed by atoms with Gasteiger partial charge in [-0.25, -0.2) is 4.98 Å². The van der Waals surface area contributed by atoms with Crippen LogP contribution in [0, 0.1) is 12.3 Å². The number of hydrogen-bond donors (Lipinski definition) is 1. The first kappa shape index (κ1) is 9.65. The van der Waals surface area contributed by atoms with Crippen molar-refractivity contribution in [2.75, 3.05) is 6.54 Å². The molecule has 0 bridgehead atoms. The van der Waals surface area contributed by atoms with E-state index in [0.717, 1.165) is 30.9 Å². The topological polar surface area (TPSA) is 40.0 Å². The number of rotatable bonds is 0. The first-order valence-electron chi connectivity index (χ1n) is 4.92. The van der Waals surface area contributed by atoms with Crippen molar-refractivity contribution < 1.29 is 0 Å². The van der Waals surface area contributed by atoms with Gasteiger partial charge in [-0.05, 0) is 26.7 Å². The molecule has 1 aliphatic heterocycles. The molecule has 0 spiro atoms. The molecule has 14 heavy (non-hydrogen) atoms. The van der Waals surface area contributed by atoms with Gasteiger partial charge in [0.15, 0.2) is 0 Å². The molecule has 0 aliphatic carbocycles. The summed E-state index contributed by atoms with van der Waals surface area (Å²) in [7, 11) is 0. The molecule has 1 aliphatic rings. The maximum atomic E-state index is 7.64. The lowest BCUT2D eigenvalue weighted by Gasteiger charge is -2.20. The summed E-state index contributed by atoms with van der Waals surface area (Å²) in [5.74, 6) is 0.670. The third-order valence-corrected chi connectivity index (χ3v) is 3.53. The summed E-state index contributed by atoms with van der Waals surface area (Å²) in [6, 6.07) is 0. The number of aromatic nitrogens is 1. The molecule has 0 radical (unpaired) electrons. The van der Waals surface area contributed by atoms with Gasteiger partial charge >= 0.3 is 0 Å². The van der Waals surface area contributed by atoms with E-state index in [-0.39, 0.29) is 0 Å². The average Bonchev–Trinajstić information content (AvgIpc) is 2.32. The Balaban J connectivity index is 2.25. The highest BCUT2D eigenvalue weighted by Gasteiger charge is 2.17. The zero-order chi connectivity index (χ0) is 10.1. The molecule has 1 aromatic heterocycles. The fourth-order valence-corrected chi connectivity index (χ4v) is 2.81. The van der Waals surface area contributed by atoms with E-state index in [1.54, 1.807) is 11.3 Å². The van der Waals surface area contributed by atoms with Gasteiger partial charge in [0.05, 0.1) is 23.1 Å². The van der Waals surface area contributed by atoms with Gasteiger partial charge in [0.25, 0.3) is 0 Å². The van der Waals surface area contributed by atoms with E-state index in [4.69, 9.17) is 5.41 Å². The number of thiazole rings is 1. The van der Waals surface area contributed by atoms with Crippen molar-refractivity contribution in [1.29, 1.82) is 5.41 Å². The molecular weight excluding hydrogens is 194 g/mol. The minimum atomic E-state index is 0.670. The van der Waals surface area contributed by atoms with Crippen molar-refractivity contribution in [3.05, 3.63) is 15.6 Å². The summed E-state index contributed by atoms with van der Waals surface area (Å²) in [5, 5.41) is 8.80. The second-order valence-electron chi connectivity index (χ2n) is 3.71. The Morgan fingerprint density at radius 2 is 2.36 bits per heavy atom. The van der Waals surface area contributed by atoms with Crippen molar-refractivity contribution in [1.82, 2.24) is 9.88 Å². The number of fused-ring (bicyclic) bond motifs is 1. The van der Waals surface area contributed by atoms with Crippen LogP contribution >= 0.6 is 11.3 Å². The number of nitrogens with zero attached hydrogens (tertiary/aromatic N) is 2. The third-order valence-electron chi connectivity index (χ3n) is 2.54. The second-order valence-corrected chi connectivity index (χ2v) is 5.00. The first-order chi connectivity index (χ1) is 6.66. The normalized spacial score (nSPS) is 16.3. The van der Waals surface area contributed by atoms with Crippen LogP contribution in [0.15, 0.2) is 0 Å². The van der Waals surface area contributed by atoms with Gasteiger partial charge in [-0.2, -0.15) is 0 Å². The number of hydrogen-bond acceptors (Lipinski definition) is 3. The minimum absolute atomic E-state index is 0.670. The van der Waals surface area contributed by atoms with E-state index in [2.05, 4.69) is 16.8 Å². The van der Waals surface area contributed by atoms with Crippen LogP contribution in [-0.4, -0.2) is 22.3 Å². The molecule has 1 N–H and O–H groups in total. The highest BCUT2D eigenvalue weighted by Crippen LogP contribution is 2.24. The molecule has 0 saturated heterocycles. The van der Waals surface area contributed by atoms with Crippen LogP contribution < -0.4 is 0 Å². The monoisotopic (exact) mass is 209 g/mol. The number of nitrogens with one attached hydrogen (secondary N) is 1. The van der Waals surface area contributed by atoms with Crippen LogP contribution in [0.25, 0.3) is 0 Å². The van der Waals surface area contributed by atoms with Crippen molar-refractivity contribution in [3.8, 4) is 0 Å².